The van der Waals surface area contributed by atoms with Gasteiger partial charge in [-0.1, -0.05) is 0 Å². The summed E-state index contributed by atoms with van der Waals surface area (Å²) < 4.78 is 29.0. The Bertz CT molecular complexity index is 248. The molecule has 13 heavy (non-hydrogen) atoms. The van der Waals surface area contributed by atoms with Crippen LogP contribution in [0.5, 0.6) is 0 Å². The molecule has 5 heteroatoms. The standard InChI is InChI=1S/C8H17NO3S/c1-12-7-8-4-3-5-9(6-8)13(2,10)11/h8H,3-7H2,1-2H3. The Labute approximate surface area is 79.9 Å². The second kappa shape index (κ2) is 4.39. The van der Waals surface area contributed by atoms with Gasteiger partial charge < -0.3 is 4.74 Å². The van der Waals surface area contributed by atoms with Gasteiger partial charge >= 0.3 is 0 Å². The van der Waals surface area contributed by atoms with E-state index in [4.69, 9.17) is 4.74 Å². The topological polar surface area (TPSA) is 46.6 Å². The predicted octanol–water partition coefficient (Wildman–Crippen LogP) is 0.304. The van der Waals surface area contributed by atoms with Gasteiger partial charge in [-0.25, -0.2) is 12.7 Å². The van der Waals surface area contributed by atoms with E-state index >= 15 is 0 Å². The van der Waals surface area contributed by atoms with Gasteiger partial charge in [-0.15, -0.1) is 0 Å². The van der Waals surface area contributed by atoms with Gasteiger partial charge in [-0.3, -0.25) is 0 Å². The minimum Gasteiger partial charge on any atom is -0.384 e. The minimum absolute atomic E-state index is 0.369. The molecule has 0 aliphatic carbocycles. The fourth-order valence-electron chi connectivity index (χ4n) is 1.70. The molecule has 1 atom stereocenters. The van der Waals surface area contributed by atoms with Crippen molar-refractivity contribution in [2.45, 2.75) is 12.8 Å². The van der Waals surface area contributed by atoms with E-state index in [1.165, 1.54) is 6.26 Å². The van der Waals surface area contributed by atoms with Crippen molar-refractivity contribution in [1.82, 2.24) is 4.31 Å². The third-order valence-electron chi connectivity index (χ3n) is 2.35. The molecule has 4 nitrogen and oxygen atoms in total. The summed E-state index contributed by atoms with van der Waals surface area (Å²) in [7, 11) is -1.35. The molecule has 1 fully saturated rings. The summed E-state index contributed by atoms with van der Waals surface area (Å²) in [6, 6.07) is 0. The van der Waals surface area contributed by atoms with Gasteiger partial charge in [0, 0.05) is 20.2 Å². The molecule has 1 aliphatic rings. The third-order valence-corrected chi connectivity index (χ3v) is 3.62. The molecule has 0 saturated carbocycles. The smallest absolute Gasteiger partial charge is 0.211 e. The van der Waals surface area contributed by atoms with E-state index in [-0.39, 0.29) is 0 Å². The quantitative estimate of drug-likeness (QED) is 0.669. The molecular weight excluding hydrogens is 190 g/mol. The van der Waals surface area contributed by atoms with Crippen molar-refractivity contribution >= 4 is 10.0 Å². The summed E-state index contributed by atoms with van der Waals surface area (Å²) >= 11 is 0. The Morgan fingerprint density at radius 2 is 2.23 bits per heavy atom. The highest BCUT2D eigenvalue weighted by Crippen LogP contribution is 2.18. The van der Waals surface area contributed by atoms with Crippen molar-refractivity contribution in [3.8, 4) is 0 Å². The van der Waals surface area contributed by atoms with Gasteiger partial charge in [0.15, 0.2) is 0 Å². The van der Waals surface area contributed by atoms with E-state index in [1.54, 1.807) is 11.4 Å². The van der Waals surface area contributed by atoms with Crippen molar-refractivity contribution in [2.75, 3.05) is 33.1 Å². The Morgan fingerprint density at radius 1 is 1.54 bits per heavy atom. The number of hydrogen-bond donors (Lipinski definition) is 0. The van der Waals surface area contributed by atoms with Gasteiger partial charge in [0.2, 0.25) is 10.0 Å². The van der Waals surface area contributed by atoms with Crippen LogP contribution >= 0.6 is 0 Å². The average molecular weight is 207 g/mol. The molecular formula is C8H17NO3S. The van der Waals surface area contributed by atoms with Gasteiger partial charge in [-0.05, 0) is 18.8 Å². The lowest BCUT2D eigenvalue weighted by Gasteiger charge is -2.30. The zero-order valence-corrected chi connectivity index (χ0v) is 9.01. The molecule has 0 aromatic carbocycles. The van der Waals surface area contributed by atoms with Crippen LogP contribution in [0.25, 0.3) is 0 Å². The molecule has 0 bridgehead atoms. The number of piperidine rings is 1. The van der Waals surface area contributed by atoms with E-state index in [9.17, 15) is 8.42 Å². The fraction of sp³-hybridized carbons (Fsp3) is 1.00. The number of methoxy groups -OCH3 is 1. The van der Waals surface area contributed by atoms with Crippen molar-refractivity contribution in [2.24, 2.45) is 5.92 Å². The summed E-state index contributed by atoms with van der Waals surface area (Å²) in [5.41, 5.74) is 0. The second-order valence-corrected chi connectivity index (χ2v) is 5.57. The van der Waals surface area contributed by atoms with Gasteiger partial charge in [0.05, 0.1) is 12.9 Å². The maximum atomic E-state index is 11.2. The van der Waals surface area contributed by atoms with Crippen LogP contribution in [-0.2, 0) is 14.8 Å². The second-order valence-electron chi connectivity index (χ2n) is 3.58. The van der Waals surface area contributed by atoms with E-state index < -0.39 is 10.0 Å². The summed E-state index contributed by atoms with van der Waals surface area (Å²) in [6.45, 7) is 1.94. The summed E-state index contributed by atoms with van der Waals surface area (Å²) in [4.78, 5) is 0. The van der Waals surface area contributed by atoms with Crippen LogP contribution in [-0.4, -0.2) is 45.8 Å². The summed E-state index contributed by atoms with van der Waals surface area (Å²) in [5.74, 6) is 0.369. The molecule has 78 valence electrons. The number of nitrogens with zero attached hydrogens (tertiary/aromatic N) is 1. The average Bonchev–Trinajstić information content (AvgIpc) is 2.04. The number of rotatable bonds is 3. The van der Waals surface area contributed by atoms with Crippen LogP contribution in [0, 0.1) is 5.92 Å². The van der Waals surface area contributed by atoms with Crippen LogP contribution < -0.4 is 0 Å². The SMILES string of the molecule is COCC1CCCN(S(C)(=O)=O)C1. The third kappa shape index (κ3) is 3.25. The lowest BCUT2D eigenvalue weighted by molar-refractivity contribution is 0.118. The van der Waals surface area contributed by atoms with Crippen molar-refractivity contribution in [1.29, 1.82) is 0 Å². The van der Waals surface area contributed by atoms with Crippen LogP contribution in [0.4, 0.5) is 0 Å². The molecule has 1 unspecified atom stereocenters. The highest BCUT2D eigenvalue weighted by Gasteiger charge is 2.25. The molecule has 1 heterocycles. The number of ether oxygens (including phenoxy) is 1. The number of sulfonamides is 1. The fourth-order valence-corrected chi connectivity index (χ4v) is 2.64. The van der Waals surface area contributed by atoms with E-state index in [0.29, 0.717) is 25.6 Å². The van der Waals surface area contributed by atoms with Crippen LogP contribution in [0.2, 0.25) is 0 Å². The van der Waals surface area contributed by atoms with Crippen molar-refractivity contribution < 1.29 is 13.2 Å². The van der Waals surface area contributed by atoms with Gasteiger partial charge in [0.1, 0.15) is 0 Å². The van der Waals surface area contributed by atoms with Crippen molar-refractivity contribution in [3.05, 3.63) is 0 Å². The van der Waals surface area contributed by atoms with Crippen molar-refractivity contribution in [3.63, 3.8) is 0 Å². The molecule has 0 radical (unpaired) electrons. The summed E-state index contributed by atoms with van der Waals surface area (Å²) in [6.07, 6.45) is 3.28. The first kappa shape index (κ1) is 10.9. The predicted molar refractivity (Wildman–Crippen MR) is 51.0 cm³/mol. The summed E-state index contributed by atoms with van der Waals surface area (Å²) in [5, 5.41) is 0. The first-order chi connectivity index (χ1) is 6.04. The first-order valence-electron chi connectivity index (χ1n) is 4.48. The molecule has 1 saturated heterocycles. The lowest BCUT2D eigenvalue weighted by Crippen LogP contribution is -2.40. The van der Waals surface area contributed by atoms with E-state index in [1.807, 2.05) is 0 Å². The zero-order valence-electron chi connectivity index (χ0n) is 8.19. The number of hydrogen-bond acceptors (Lipinski definition) is 3. The highest BCUT2D eigenvalue weighted by molar-refractivity contribution is 7.88. The largest absolute Gasteiger partial charge is 0.384 e. The molecule has 0 spiro atoms. The minimum atomic E-state index is -3.00. The van der Waals surface area contributed by atoms with Crippen LogP contribution in [0.3, 0.4) is 0 Å². The highest BCUT2D eigenvalue weighted by atomic mass is 32.2. The maximum Gasteiger partial charge on any atom is 0.211 e. The van der Waals surface area contributed by atoms with Crippen LogP contribution in [0.15, 0.2) is 0 Å². The van der Waals surface area contributed by atoms with E-state index in [0.717, 1.165) is 12.8 Å². The molecule has 0 N–H and O–H groups in total. The lowest BCUT2D eigenvalue weighted by atomic mass is 10.0. The van der Waals surface area contributed by atoms with Gasteiger partial charge in [-0.2, -0.15) is 0 Å². The van der Waals surface area contributed by atoms with Crippen LogP contribution in [0.1, 0.15) is 12.8 Å². The Morgan fingerprint density at radius 3 is 2.77 bits per heavy atom. The molecule has 1 aliphatic heterocycles. The normalized spacial score (nSPS) is 26.2. The zero-order chi connectivity index (χ0) is 9.90. The molecule has 0 aromatic rings. The van der Waals surface area contributed by atoms with Gasteiger partial charge in [0.25, 0.3) is 0 Å². The molecule has 0 amide bonds. The molecule has 1 rings (SSSR count). The Balaban J connectivity index is 2.52. The maximum absolute atomic E-state index is 11.2. The Kier molecular flexibility index (Phi) is 3.70. The monoisotopic (exact) mass is 207 g/mol. The van der Waals surface area contributed by atoms with E-state index in [2.05, 4.69) is 0 Å². The Hall–Kier alpha value is -0.130. The molecule has 0 aromatic heterocycles. The first-order valence-corrected chi connectivity index (χ1v) is 6.33.